The Balaban J connectivity index is 1.80. The number of nitro benzene ring substituents is 1. The summed E-state index contributed by atoms with van der Waals surface area (Å²) in [5.41, 5.74) is 1.78. The van der Waals surface area contributed by atoms with Gasteiger partial charge in [0.25, 0.3) is 5.69 Å². The molecule has 2 aliphatic heterocycles. The lowest BCUT2D eigenvalue weighted by Gasteiger charge is -2.32. The van der Waals surface area contributed by atoms with E-state index in [9.17, 15) is 10.1 Å². The second-order valence-electron chi connectivity index (χ2n) is 5.76. The zero-order chi connectivity index (χ0) is 14.3. The topological polar surface area (TPSA) is 58.4 Å². The van der Waals surface area contributed by atoms with E-state index in [-0.39, 0.29) is 10.7 Å². The van der Waals surface area contributed by atoms with Gasteiger partial charge in [-0.05, 0) is 43.9 Å². The van der Waals surface area contributed by atoms with Crippen LogP contribution in [-0.4, -0.2) is 35.5 Å². The molecule has 0 aliphatic carbocycles. The number of halogens is 1. The molecule has 3 atom stereocenters. The third-order valence-corrected chi connectivity index (χ3v) is 4.77. The molecule has 108 valence electrons. The summed E-state index contributed by atoms with van der Waals surface area (Å²) >= 11 is 6.00. The van der Waals surface area contributed by atoms with Gasteiger partial charge >= 0.3 is 0 Å². The molecule has 2 heterocycles. The van der Waals surface area contributed by atoms with Crippen molar-refractivity contribution < 1.29 is 4.92 Å². The quantitative estimate of drug-likeness (QED) is 0.688. The SMILES string of the molecule is Cc1cc([N+](=O)[O-])c(Cl)cc1NC1CCN2CCC1C2. The van der Waals surface area contributed by atoms with Crippen LogP contribution in [0.2, 0.25) is 5.02 Å². The molecule has 5 nitrogen and oxygen atoms in total. The Kier molecular flexibility index (Phi) is 3.56. The molecule has 2 fully saturated rings. The van der Waals surface area contributed by atoms with Crippen molar-refractivity contribution in [2.24, 2.45) is 5.92 Å². The second kappa shape index (κ2) is 5.22. The van der Waals surface area contributed by atoms with Crippen LogP contribution < -0.4 is 5.32 Å². The van der Waals surface area contributed by atoms with Gasteiger partial charge in [-0.2, -0.15) is 0 Å². The van der Waals surface area contributed by atoms with Crippen LogP contribution in [0.15, 0.2) is 12.1 Å². The molecule has 2 aliphatic rings. The third kappa shape index (κ3) is 2.47. The van der Waals surface area contributed by atoms with Gasteiger partial charge in [0.15, 0.2) is 0 Å². The van der Waals surface area contributed by atoms with E-state index in [1.165, 1.54) is 13.0 Å². The highest BCUT2D eigenvalue weighted by atomic mass is 35.5. The maximum atomic E-state index is 10.9. The summed E-state index contributed by atoms with van der Waals surface area (Å²) in [7, 11) is 0. The molecule has 20 heavy (non-hydrogen) atoms. The normalized spacial score (nSPS) is 28.4. The Bertz CT molecular complexity index is 549. The van der Waals surface area contributed by atoms with E-state index in [1.807, 2.05) is 6.92 Å². The number of rotatable bonds is 3. The minimum absolute atomic E-state index is 0.0228. The van der Waals surface area contributed by atoms with E-state index in [0.717, 1.165) is 30.8 Å². The Morgan fingerprint density at radius 3 is 2.90 bits per heavy atom. The van der Waals surface area contributed by atoms with Crippen LogP contribution >= 0.6 is 11.6 Å². The first-order valence-electron chi connectivity index (χ1n) is 6.98. The summed E-state index contributed by atoms with van der Waals surface area (Å²) in [6.07, 6.45) is 2.36. The van der Waals surface area contributed by atoms with Gasteiger partial charge in [0, 0.05) is 30.9 Å². The van der Waals surface area contributed by atoms with Gasteiger partial charge in [-0.3, -0.25) is 10.1 Å². The molecule has 2 bridgehead atoms. The lowest BCUT2D eigenvalue weighted by Crippen LogP contribution is -2.39. The number of nitrogens with zero attached hydrogens (tertiary/aromatic N) is 2. The molecule has 1 aromatic carbocycles. The summed E-state index contributed by atoms with van der Waals surface area (Å²) in [5.74, 6) is 0.678. The number of fused-ring (bicyclic) bond motifs is 2. The van der Waals surface area contributed by atoms with E-state index >= 15 is 0 Å². The zero-order valence-corrected chi connectivity index (χ0v) is 12.2. The van der Waals surface area contributed by atoms with Crippen molar-refractivity contribution in [1.29, 1.82) is 0 Å². The Labute approximate surface area is 123 Å². The summed E-state index contributed by atoms with van der Waals surface area (Å²) in [6.45, 7) is 5.38. The highest BCUT2D eigenvalue weighted by Gasteiger charge is 2.34. The predicted octanol–water partition coefficient (Wildman–Crippen LogP) is 3.06. The third-order valence-electron chi connectivity index (χ3n) is 4.47. The van der Waals surface area contributed by atoms with Crippen molar-refractivity contribution in [3.8, 4) is 0 Å². The highest BCUT2D eigenvalue weighted by Crippen LogP contribution is 2.34. The molecule has 0 aromatic heterocycles. The molecule has 2 saturated heterocycles. The monoisotopic (exact) mass is 295 g/mol. The van der Waals surface area contributed by atoms with Gasteiger partial charge in [0.05, 0.1) is 4.92 Å². The van der Waals surface area contributed by atoms with Gasteiger partial charge in [-0.1, -0.05) is 11.6 Å². The van der Waals surface area contributed by atoms with Crippen LogP contribution in [0, 0.1) is 23.0 Å². The van der Waals surface area contributed by atoms with E-state index < -0.39 is 4.92 Å². The van der Waals surface area contributed by atoms with Crippen molar-refractivity contribution in [1.82, 2.24) is 4.90 Å². The molecule has 1 N–H and O–H groups in total. The van der Waals surface area contributed by atoms with E-state index in [1.54, 1.807) is 12.1 Å². The minimum Gasteiger partial charge on any atom is -0.382 e. The molecule has 0 spiro atoms. The largest absolute Gasteiger partial charge is 0.382 e. The molecular weight excluding hydrogens is 278 g/mol. The van der Waals surface area contributed by atoms with Crippen LogP contribution in [0.3, 0.4) is 0 Å². The van der Waals surface area contributed by atoms with Gasteiger partial charge in [-0.15, -0.1) is 0 Å². The summed E-state index contributed by atoms with van der Waals surface area (Å²) < 4.78 is 0. The fourth-order valence-electron chi connectivity index (χ4n) is 3.30. The predicted molar refractivity (Wildman–Crippen MR) is 79.4 cm³/mol. The number of hydrogen-bond donors (Lipinski definition) is 1. The van der Waals surface area contributed by atoms with Crippen LogP contribution in [0.25, 0.3) is 0 Å². The number of nitro groups is 1. The van der Waals surface area contributed by atoms with Crippen LogP contribution in [-0.2, 0) is 0 Å². The first-order valence-corrected chi connectivity index (χ1v) is 7.36. The van der Waals surface area contributed by atoms with Crippen molar-refractivity contribution in [3.63, 3.8) is 0 Å². The van der Waals surface area contributed by atoms with Gasteiger partial charge < -0.3 is 10.2 Å². The second-order valence-corrected chi connectivity index (χ2v) is 6.17. The average molecular weight is 296 g/mol. The fourth-order valence-corrected chi connectivity index (χ4v) is 3.54. The molecule has 3 unspecified atom stereocenters. The van der Waals surface area contributed by atoms with Gasteiger partial charge in [0.2, 0.25) is 0 Å². The summed E-state index contributed by atoms with van der Waals surface area (Å²) in [6, 6.07) is 3.69. The van der Waals surface area contributed by atoms with Crippen molar-refractivity contribution >= 4 is 23.0 Å². The van der Waals surface area contributed by atoms with Crippen LogP contribution in [0.1, 0.15) is 18.4 Å². The van der Waals surface area contributed by atoms with Crippen LogP contribution in [0.4, 0.5) is 11.4 Å². The molecule has 0 amide bonds. The van der Waals surface area contributed by atoms with Gasteiger partial charge in [-0.25, -0.2) is 0 Å². The van der Waals surface area contributed by atoms with Crippen molar-refractivity contribution in [2.75, 3.05) is 25.0 Å². The maximum absolute atomic E-state index is 10.9. The lowest BCUT2D eigenvalue weighted by atomic mass is 9.93. The number of piperidine rings is 1. The molecule has 6 heteroatoms. The molecular formula is C14H18ClN3O2. The number of hydrogen-bond acceptors (Lipinski definition) is 4. The molecule has 3 rings (SSSR count). The molecule has 0 saturated carbocycles. The average Bonchev–Trinajstić information content (AvgIpc) is 2.79. The number of benzene rings is 1. The maximum Gasteiger partial charge on any atom is 0.288 e. The zero-order valence-electron chi connectivity index (χ0n) is 11.4. The fraction of sp³-hybridized carbons (Fsp3) is 0.571. The first kappa shape index (κ1) is 13.6. The van der Waals surface area contributed by atoms with Gasteiger partial charge in [0.1, 0.15) is 5.02 Å². The number of aryl methyl sites for hydroxylation is 1. The lowest BCUT2D eigenvalue weighted by molar-refractivity contribution is -0.384. The van der Waals surface area contributed by atoms with E-state index in [4.69, 9.17) is 11.6 Å². The first-order chi connectivity index (χ1) is 9.54. The number of nitrogens with one attached hydrogen (secondary N) is 1. The number of anilines is 1. The van der Waals surface area contributed by atoms with E-state index in [2.05, 4.69) is 10.2 Å². The van der Waals surface area contributed by atoms with Crippen molar-refractivity contribution in [3.05, 3.63) is 32.8 Å². The molecule has 0 radical (unpaired) electrons. The Morgan fingerprint density at radius 2 is 2.15 bits per heavy atom. The van der Waals surface area contributed by atoms with Crippen molar-refractivity contribution in [2.45, 2.75) is 25.8 Å². The minimum atomic E-state index is -0.436. The Hall–Kier alpha value is -1.33. The smallest absolute Gasteiger partial charge is 0.288 e. The standard InChI is InChI=1S/C14H18ClN3O2/c1-9-6-14(18(19)20)11(15)7-13(9)16-12-3-5-17-4-2-10(12)8-17/h6-7,10,12,16H,2-5,8H2,1H3. The summed E-state index contributed by atoms with van der Waals surface area (Å²) in [4.78, 5) is 12.9. The van der Waals surface area contributed by atoms with Crippen LogP contribution in [0.5, 0.6) is 0 Å². The summed E-state index contributed by atoms with van der Waals surface area (Å²) in [5, 5.41) is 14.6. The highest BCUT2D eigenvalue weighted by molar-refractivity contribution is 6.33. The Morgan fingerprint density at radius 1 is 1.40 bits per heavy atom. The molecule has 1 aromatic rings. The van der Waals surface area contributed by atoms with E-state index in [0.29, 0.717) is 12.0 Å².